The molecule has 2 rings (SSSR count). The average molecular weight is 291 g/mol. The second-order valence-corrected chi connectivity index (χ2v) is 5.23. The molecule has 1 fully saturated rings. The van der Waals surface area contributed by atoms with Gasteiger partial charge in [0.05, 0.1) is 12.9 Å². The molecule has 4 heteroatoms. The highest BCUT2D eigenvalue weighted by Crippen LogP contribution is 2.31. The molecule has 0 atom stereocenters. The van der Waals surface area contributed by atoms with Crippen molar-refractivity contribution < 1.29 is 13.9 Å². The number of ether oxygens (including phenoxy) is 1. The van der Waals surface area contributed by atoms with Gasteiger partial charge in [0.25, 0.3) is 0 Å². The molecule has 1 aromatic carbocycles. The summed E-state index contributed by atoms with van der Waals surface area (Å²) in [5, 5.41) is 0. The van der Waals surface area contributed by atoms with Crippen molar-refractivity contribution in [3.05, 3.63) is 41.4 Å². The topological polar surface area (TPSA) is 29.5 Å². The van der Waals surface area contributed by atoms with Crippen molar-refractivity contribution in [3.8, 4) is 0 Å². The van der Waals surface area contributed by atoms with Gasteiger partial charge >= 0.3 is 0 Å². The highest BCUT2D eigenvalue weighted by molar-refractivity contribution is 5.81. The fraction of sp³-hybridized carbons (Fsp3) is 0.471. The van der Waals surface area contributed by atoms with Crippen LogP contribution in [0.15, 0.2) is 24.5 Å². The molecular weight excluding hydrogens is 269 g/mol. The molecule has 114 valence electrons. The van der Waals surface area contributed by atoms with E-state index in [2.05, 4.69) is 0 Å². The summed E-state index contributed by atoms with van der Waals surface area (Å²) in [6.45, 7) is 5.53. The molecule has 0 unspecified atom stereocenters. The highest BCUT2D eigenvalue weighted by Gasteiger charge is 2.32. The highest BCUT2D eigenvalue weighted by atomic mass is 19.1. The molecule has 0 radical (unpaired) electrons. The average Bonchev–Trinajstić information content (AvgIpc) is 3.31. The van der Waals surface area contributed by atoms with E-state index in [9.17, 15) is 9.18 Å². The van der Waals surface area contributed by atoms with Crippen LogP contribution in [0.4, 0.5) is 4.39 Å². The maximum Gasteiger partial charge on any atom is 0.225 e. The maximum absolute atomic E-state index is 13.5. The normalized spacial score (nSPS) is 14.4. The zero-order valence-electron chi connectivity index (χ0n) is 12.6. The van der Waals surface area contributed by atoms with Crippen LogP contribution in [0.2, 0.25) is 0 Å². The minimum Gasteiger partial charge on any atom is -0.501 e. The van der Waals surface area contributed by atoms with Gasteiger partial charge in [0, 0.05) is 19.0 Å². The predicted octanol–water partition coefficient (Wildman–Crippen LogP) is 3.59. The lowest BCUT2D eigenvalue weighted by Gasteiger charge is -2.22. The van der Waals surface area contributed by atoms with Crippen molar-refractivity contribution in [2.45, 2.75) is 33.2 Å². The summed E-state index contributed by atoms with van der Waals surface area (Å²) >= 11 is 0. The number of halogens is 1. The molecule has 0 aliphatic heterocycles. The van der Waals surface area contributed by atoms with Crippen LogP contribution in [0.25, 0.3) is 6.08 Å². The van der Waals surface area contributed by atoms with Crippen molar-refractivity contribution in [1.82, 2.24) is 4.90 Å². The smallest absolute Gasteiger partial charge is 0.225 e. The minimum atomic E-state index is -0.284. The molecule has 0 spiro atoms. The molecule has 1 saturated carbocycles. The van der Waals surface area contributed by atoms with Crippen molar-refractivity contribution >= 4 is 12.0 Å². The van der Waals surface area contributed by atoms with Gasteiger partial charge in [0.15, 0.2) is 0 Å². The van der Waals surface area contributed by atoms with Crippen molar-refractivity contribution in [2.24, 2.45) is 5.92 Å². The van der Waals surface area contributed by atoms with Gasteiger partial charge in [-0.25, -0.2) is 4.39 Å². The molecular formula is C17H22FNO2. The summed E-state index contributed by atoms with van der Waals surface area (Å²) in [4.78, 5) is 14.0. The summed E-state index contributed by atoms with van der Waals surface area (Å²) in [5.41, 5.74) is 1.69. The monoisotopic (exact) mass is 291 g/mol. The first-order chi connectivity index (χ1) is 10.2. The van der Waals surface area contributed by atoms with E-state index in [0.717, 1.165) is 24.0 Å². The third-order valence-corrected chi connectivity index (χ3v) is 3.60. The van der Waals surface area contributed by atoms with Crippen LogP contribution in [0.1, 0.15) is 37.8 Å². The molecule has 1 aliphatic carbocycles. The Hall–Kier alpha value is -1.84. The van der Waals surface area contributed by atoms with E-state index in [4.69, 9.17) is 4.74 Å². The quantitative estimate of drug-likeness (QED) is 0.718. The first kappa shape index (κ1) is 15.5. The Labute approximate surface area is 125 Å². The molecule has 0 heterocycles. The summed E-state index contributed by atoms with van der Waals surface area (Å²) in [6.07, 6.45) is 5.38. The van der Waals surface area contributed by atoms with E-state index in [-0.39, 0.29) is 17.6 Å². The number of benzene rings is 1. The first-order valence-electron chi connectivity index (χ1n) is 7.51. The number of carbonyl (C=O) groups excluding carboxylic acids is 1. The molecule has 1 amide bonds. The van der Waals surface area contributed by atoms with E-state index in [0.29, 0.717) is 19.7 Å². The predicted molar refractivity (Wildman–Crippen MR) is 80.9 cm³/mol. The lowest BCUT2D eigenvalue weighted by Crippen LogP contribution is -2.31. The third-order valence-electron chi connectivity index (χ3n) is 3.60. The van der Waals surface area contributed by atoms with Crippen LogP contribution in [0.5, 0.6) is 0 Å². The number of rotatable bonds is 7. The second kappa shape index (κ2) is 7.25. The van der Waals surface area contributed by atoms with Gasteiger partial charge in [-0.3, -0.25) is 4.79 Å². The minimum absolute atomic E-state index is 0.181. The SMILES string of the molecule is CCO/C=C\c1ccc(F)cc1CN(CC)C(=O)C1CC1. The summed E-state index contributed by atoms with van der Waals surface area (Å²) in [5.74, 6) is 0.0795. The van der Waals surface area contributed by atoms with Gasteiger partial charge in [-0.15, -0.1) is 0 Å². The number of hydrogen-bond acceptors (Lipinski definition) is 2. The molecule has 0 bridgehead atoms. The van der Waals surface area contributed by atoms with Crippen LogP contribution in [0.3, 0.4) is 0 Å². The van der Waals surface area contributed by atoms with Crippen molar-refractivity contribution in [2.75, 3.05) is 13.2 Å². The second-order valence-electron chi connectivity index (χ2n) is 5.23. The van der Waals surface area contributed by atoms with Gasteiger partial charge in [-0.05, 0) is 56.0 Å². The van der Waals surface area contributed by atoms with Gasteiger partial charge in [-0.1, -0.05) is 6.07 Å². The van der Waals surface area contributed by atoms with E-state index in [1.165, 1.54) is 12.1 Å². The Balaban J connectivity index is 2.15. The van der Waals surface area contributed by atoms with Gasteiger partial charge in [0.2, 0.25) is 5.91 Å². The van der Waals surface area contributed by atoms with E-state index in [1.54, 1.807) is 17.2 Å². The van der Waals surface area contributed by atoms with Crippen LogP contribution < -0.4 is 0 Å². The molecule has 0 aromatic heterocycles. The Kier molecular flexibility index (Phi) is 5.37. The molecule has 0 saturated heterocycles. The van der Waals surface area contributed by atoms with E-state index >= 15 is 0 Å². The zero-order chi connectivity index (χ0) is 15.2. The van der Waals surface area contributed by atoms with Crippen molar-refractivity contribution in [1.29, 1.82) is 0 Å². The van der Waals surface area contributed by atoms with Crippen LogP contribution in [-0.4, -0.2) is 24.0 Å². The largest absolute Gasteiger partial charge is 0.501 e. The zero-order valence-corrected chi connectivity index (χ0v) is 12.6. The molecule has 3 nitrogen and oxygen atoms in total. The van der Waals surface area contributed by atoms with Gasteiger partial charge < -0.3 is 9.64 Å². The van der Waals surface area contributed by atoms with E-state index < -0.39 is 0 Å². The fourth-order valence-electron chi connectivity index (χ4n) is 2.23. The Bertz CT molecular complexity index is 524. The molecule has 21 heavy (non-hydrogen) atoms. The first-order valence-corrected chi connectivity index (χ1v) is 7.51. The van der Waals surface area contributed by atoms with Crippen molar-refractivity contribution in [3.63, 3.8) is 0 Å². The molecule has 0 N–H and O–H groups in total. The molecule has 1 aromatic rings. The summed E-state index contributed by atoms with van der Waals surface area (Å²) in [6, 6.07) is 4.64. The number of carbonyl (C=O) groups is 1. The number of nitrogens with zero attached hydrogens (tertiary/aromatic N) is 1. The van der Waals surface area contributed by atoms with Crippen LogP contribution in [0, 0.1) is 11.7 Å². The summed E-state index contributed by atoms with van der Waals surface area (Å²) in [7, 11) is 0. The van der Waals surface area contributed by atoms with E-state index in [1.807, 2.05) is 19.9 Å². The number of hydrogen-bond donors (Lipinski definition) is 0. The lowest BCUT2D eigenvalue weighted by atomic mass is 10.1. The van der Waals surface area contributed by atoms with Crippen LogP contribution >= 0.6 is 0 Å². The Morgan fingerprint density at radius 3 is 2.81 bits per heavy atom. The lowest BCUT2D eigenvalue weighted by molar-refractivity contribution is -0.132. The third kappa shape index (κ3) is 4.31. The fourth-order valence-corrected chi connectivity index (χ4v) is 2.23. The maximum atomic E-state index is 13.5. The van der Waals surface area contributed by atoms with Gasteiger partial charge in [-0.2, -0.15) is 0 Å². The number of amides is 1. The Morgan fingerprint density at radius 1 is 1.43 bits per heavy atom. The Morgan fingerprint density at radius 2 is 2.19 bits per heavy atom. The standard InChI is InChI=1S/C17H22FNO2/c1-3-19(17(20)14-5-6-14)12-15-11-16(18)8-7-13(15)9-10-21-4-2/h7-11,14H,3-6,12H2,1-2H3/b10-9-. The molecule has 1 aliphatic rings. The van der Waals surface area contributed by atoms with Gasteiger partial charge in [0.1, 0.15) is 5.82 Å². The van der Waals surface area contributed by atoms with Crippen LogP contribution in [-0.2, 0) is 16.1 Å². The summed E-state index contributed by atoms with van der Waals surface area (Å²) < 4.78 is 18.7.